The van der Waals surface area contributed by atoms with Crippen LogP contribution in [0.3, 0.4) is 0 Å². The lowest BCUT2D eigenvalue weighted by atomic mass is 9.78. The summed E-state index contributed by atoms with van der Waals surface area (Å²) < 4.78 is 15.2. The van der Waals surface area contributed by atoms with E-state index in [-0.39, 0.29) is 29.8 Å². The normalized spacial score (nSPS) is 31.6. The average Bonchev–Trinajstić information content (AvgIpc) is 3.10. The SMILES string of the molecule is O=C1CCCCN1c1ccc(N2CCC[C@@]3(CCN([C@H]4CC[C@H](O)CC4)C3=O)C2)c(F)c1. The molecule has 174 valence electrons. The Bertz CT molecular complexity index is 885. The van der Waals surface area contributed by atoms with Gasteiger partial charge in [-0.2, -0.15) is 0 Å². The van der Waals surface area contributed by atoms with E-state index in [0.717, 1.165) is 70.9 Å². The lowest BCUT2D eigenvalue weighted by Crippen LogP contribution is -2.50. The zero-order chi connectivity index (χ0) is 22.3. The third-order valence-electron chi connectivity index (χ3n) is 8.14. The molecule has 7 heteroatoms. The Balaban J connectivity index is 1.31. The van der Waals surface area contributed by atoms with Crippen molar-refractivity contribution >= 4 is 23.2 Å². The minimum Gasteiger partial charge on any atom is -0.393 e. The topological polar surface area (TPSA) is 64.1 Å². The van der Waals surface area contributed by atoms with Gasteiger partial charge in [0.15, 0.2) is 0 Å². The number of nitrogens with zero attached hydrogens (tertiary/aromatic N) is 3. The van der Waals surface area contributed by atoms with E-state index in [1.165, 1.54) is 6.07 Å². The Labute approximate surface area is 189 Å². The number of likely N-dealkylation sites (tertiary alicyclic amines) is 1. The van der Waals surface area contributed by atoms with Crippen molar-refractivity contribution in [3.63, 3.8) is 0 Å². The fourth-order valence-electron chi connectivity index (χ4n) is 6.28. The van der Waals surface area contributed by atoms with Crippen molar-refractivity contribution in [1.29, 1.82) is 0 Å². The Morgan fingerprint density at radius 1 is 0.969 bits per heavy atom. The van der Waals surface area contributed by atoms with Crippen LogP contribution >= 0.6 is 0 Å². The first-order valence-corrected chi connectivity index (χ1v) is 12.3. The first-order valence-electron chi connectivity index (χ1n) is 12.3. The van der Waals surface area contributed by atoms with Gasteiger partial charge in [-0.1, -0.05) is 0 Å². The Morgan fingerprint density at radius 2 is 1.78 bits per heavy atom. The maximum absolute atomic E-state index is 15.2. The number of carbonyl (C=O) groups is 2. The molecule has 3 aliphatic heterocycles. The number of hydrogen-bond donors (Lipinski definition) is 1. The molecule has 1 atom stereocenters. The van der Waals surface area contributed by atoms with Gasteiger partial charge in [0.05, 0.1) is 17.2 Å². The van der Waals surface area contributed by atoms with Gasteiger partial charge in [-0.3, -0.25) is 9.59 Å². The third-order valence-corrected chi connectivity index (χ3v) is 8.14. The van der Waals surface area contributed by atoms with Gasteiger partial charge in [0.25, 0.3) is 0 Å². The maximum Gasteiger partial charge on any atom is 0.230 e. The van der Waals surface area contributed by atoms with Crippen LogP contribution in [0.4, 0.5) is 15.8 Å². The molecule has 32 heavy (non-hydrogen) atoms. The second-order valence-electron chi connectivity index (χ2n) is 10.2. The summed E-state index contributed by atoms with van der Waals surface area (Å²) in [4.78, 5) is 31.5. The predicted octanol–water partition coefficient (Wildman–Crippen LogP) is 3.47. The van der Waals surface area contributed by atoms with Crippen LogP contribution in [0.2, 0.25) is 0 Å². The average molecular weight is 444 g/mol. The van der Waals surface area contributed by atoms with Crippen molar-refractivity contribution in [2.75, 3.05) is 36.0 Å². The predicted molar refractivity (Wildman–Crippen MR) is 121 cm³/mol. The summed E-state index contributed by atoms with van der Waals surface area (Å²) in [6.07, 6.45) is 7.98. The number of benzene rings is 1. The van der Waals surface area contributed by atoms with E-state index in [4.69, 9.17) is 0 Å². The van der Waals surface area contributed by atoms with Gasteiger partial charge in [0, 0.05) is 44.3 Å². The van der Waals surface area contributed by atoms with Gasteiger partial charge < -0.3 is 19.8 Å². The number of piperidine rings is 2. The van der Waals surface area contributed by atoms with Crippen LogP contribution < -0.4 is 9.80 Å². The second-order valence-corrected chi connectivity index (χ2v) is 10.2. The minimum absolute atomic E-state index is 0.0622. The van der Waals surface area contributed by atoms with E-state index >= 15 is 4.39 Å². The number of anilines is 2. The van der Waals surface area contributed by atoms with Gasteiger partial charge in [-0.15, -0.1) is 0 Å². The van der Waals surface area contributed by atoms with E-state index in [0.29, 0.717) is 30.9 Å². The number of aliphatic hydroxyl groups excluding tert-OH is 1. The Kier molecular flexibility index (Phi) is 5.86. The smallest absolute Gasteiger partial charge is 0.230 e. The van der Waals surface area contributed by atoms with Gasteiger partial charge in [-0.25, -0.2) is 4.39 Å². The van der Waals surface area contributed by atoms with Crippen LogP contribution in [0, 0.1) is 11.2 Å². The molecule has 1 saturated carbocycles. The standard InChI is InChI=1S/C25H34FN3O3/c26-21-16-19(28-14-2-1-4-23(28)31)7-10-22(21)27-13-3-11-25(17-27)12-15-29(24(25)32)18-5-8-20(30)9-6-18/h7,10,16,18,20,30H,1-6,8-9,11-15,17H2/t18-,20-,25-/m1/s1. The molecule has 5 rings (SSSR count). The van der Waals surface area contributed by atoms with E-state index in [1.807, 2.05) is 11.0 Å². The van der Waals surface area contributed by atoms with Crippen molar-refractivity contribution in [1.82, 2.24) is 4.90 Å². The van der Waals surface area contributed by atoms with Crippen LogP contribution in [-0.2, 0) is 9.59 Å². The highest BCUT2D eigenvalue weighted by Gasteiger charge is 2.50. The summed E-state index contributed by atoms with van der Waals surface area (Å²) >= 11 is 0. The molecule has 4 aliphatic rings. The zero-order valence-corrected chi connectivity index (χ0v) is 18.8. The quantitative estimate of drug-likeness (QED) is 0.777. The van der Waals surface area contributed by atoms with Crippen LogP contribution in [0.1, 0.15) is 64.2 Å². The van der Waals surface area contributed by atoms with Gasteiger partial charge in [0.1, 0.15) is 5.82 Å². The van der Waals surface area contributed by atoms with Crippen molar-refractivity contribution in [3.05, 3.63) is 24.0 Å². The molecule has 1 aromatic rings. The molecule has 4 fully saturated rings. The molecule has 1 aromatic carbocycles. The summed E-state index contributed by atoms with van der Waals surface area (Å²) in [7, 11) is 0. The first-order chi connectivity index (χ1) is 15.5. The molecule has 0 radical (unpaired) electrons. The molecule has 0 aromatic heterocycles. The monoisotopic (exact) mass is 443 g/mol. The third kappa shape index (κ3) is 3.89. The van der Waals surface area contributed by atoms with Crippen molar-refractivity contribution in [2.45, 2.75) is 76.4 Å². The van der Waals surface area contributed by atoms with Crippen molar-refractivity contribution < 1.29 is 19.1 Å². The molecule has 1 N–H and O–H groups in total. The van der Waals surface area contributed by atoms with Gasteiger partial charge in [-0.05, 0) is 76.0 Å². The van der Waals surface area contributed by atoms with Gasteiger partial charge in [0.2, 0.25) is 11.8 Å². The molecular formula is C25H34FN3O3. The van der Waals surface area contributed by atoms with Gasteiger partial charge >= 0.3 is 0 Å². The van der Waals surface area contributed by atoms with E-state index < -0.39 is 5.41 Å². The van der Waals surface area contributed by atoms with E-state index in [9.17, 15) is 14.7 Å². The Hall–Kier alpha value is -2.15. The highest BCUT2D eigenvalue weighted by atomic mass is 19.1. The zero-order valence-electron chi connectivity index (χ0n) is 18.8. The lowest BCUT2D eigenvalue weighted by Gasteiger charge is -2.41. The molecule has 3 saturated heterocycles. The summed E-state index contributed by atoms with van der Waals surface area (Å²) in [6.45, 7) is 2.71. The molecule has 1 spiro atoms. The van der Waals surface area contributed by atoms with Crippen LogP contribution in [-0.4, -0.2) is 60.1 Å². The number of halogens is 1. The molecule has 1 aliphatic carbocycles. The highest BCUT2D eigenvalue weighted by Crippen LogP contribution is 2.44. The first kappa shape index (κ1) is 21.7. The molecule has 2 amide bonds. The number of carbonyl (C=O) groups excluding carboxylic acids is 2. The molecule has 0 unspecified atom stereocenters. The van der Waals surface area contributed by atoms with Crippen LogP contribution in [0.15, 0.2) is 18.2 Å². The summed E-state index contributed by atoms with van der Waals surface area (Å²) in [5.41, 5.74) is 0.733. The highest BCUT2D eigenvalue weighted by molar-refractivity contribution is 5.94. The Morgan fingerprint density at radius 3 is 2.53 bits per heavy atom. The summed E-state index contributed by atoms with van der Waals surface area (Å²) in [5.74, 6) is -0.0341. The molecule has 6 nitrogen and oxygen atoms in total. The minimum atomic E-state index is -0.428. The number of hydrogen-bond acceptors (Lipinski definition) is 4. The summed E-state index contributed by atoms with van der Waals surface area (Å²) in [6, 6.07) is 5.35. The summed E-state index contributed by atoms with van der Waals surface area (Å²) in [5, 5.41) is 9.81. The van der Waals surface area contributed by atoms with E-state index in [2.05, 4.69) is 4.90 Å². The second kappa shape index (κ2) is 8.65. The van der Waals surface area contributed by atoms with E-state index in [1.54, 1.807) is 11.0 Å². The lowest BCUT2D eigenvalue weighted by molar-refractivity contribution is -0.139. The molecule has 3 heterocycles. The van der Waals surface area contributed by atoms with Crippen LogP contribution in [0.5, 0.6) is 0 Å². The number of aliphatic hydroxyl groups is 1. The fraction of sp³-hybridized carbons (Fsp3) is 0.680. The molecule has 0 bridgehead atoms. The number of amides is 2. The van der Waals surface area contributed by atoms with Crippen molar-refractivity contribution in [3.8, 4) is 0 Å². The fourth-order valence-corrected chi connectivity index (χ4v) is 6.28. The largest absolute Gasteiger partial charge is 0.393 e. The maximum atomic E-state index is 15.2. The number of rotatable bonds is 3. The van der Waals surface area contributed by atoms with Crippen LogP contribution in [0.25, 0.3) is 0 Å². The molecular weight excluding hydrogens is 409 g/mol. The van der Waals surface area contributed by atoms with Crippen molar-refractivity contribution in [2.24, 2.45) is 5.41 Å².